The molecule has 2 aromatic rings. The second-order valence-electron chi connectivity index (χ2n) is 6.17. The first kappa shape index (κ1) is 15.9. The molecule has 0 amide bonds. The monoisotopic (exact) mass is 311 g/mol. The van der Waals surface area contributed by atoms with Gasteiger partial charge in [0, 0.05) is 36.9 Å². The van der Waals surface area contributed by atoms with Crippen LogP contribution in [0.1, 0.15) is 24.8 Å². The van der Waals surface area contributed by atoms with Crippen LogP contribution in [-0.2, 0) is 10.2 Å². The topological polar surface area (TPSA) is 30.5 Å². The lowest BCUT2D eigenvalue weighted by Gasteiger charge is -2.38. The highest BCUT2D eigenvalue weighted by Gasteiger charge is 2.33. The second kappa shape index (κ2) is 7.51. The van der Waals surface area contributed by atoms with Crippen molar-refractivity contribution in [1.29, 1.82) is 0 Å². The van der Waals surface area contributed by atoms with Gasteiger partial charge in [-0.05, 0) is 37.0 Å². The van der Waals surface area contributed by atoms with Gasteiger partial charge in [-0.1, -0.05) is 36.4 Å². The van der Waals surface area contributed by atoms with Crippen LogP contribution < -0.4 is 10.1 Å². The number of benzene rings is 2. The molecule has 3 rings (SSSR count). The normalized spacial score (nSPS) is 16.7. The summed E-state index contributed by atoms with van der Waals surface area (Å²) in [5.41, 5.74) is 2.78. The summed E-state index contributed by atoms with van der Waals surface area (Å²) in [6.45, 7) is 2.66. The Hall–Kier alpha value is -2.00. The molecular weight excluding hydrogens is 286 g/mol. The van der Waals surface area contributed by atoms with Gasteiger partial charge in [0.05, 0.1) is 7.11 Å². The van der Waals surface area contributed by atoms with Gasteiger partial charge < -0.3 is 14.8 Å². The molecule has 1 saturated heterocycles. The maximum Gasteiger partial charge on any atom is 0.120 e. The van der Waals surface area contributed by atoms with Crippen molar-refractivity contribution in [3.8, 4) is 5.75 Å². The minimum absolute atomic E-state index is 0.228. The summed E-state index contributed by atoms with van der Waals surface area (Å²) >= 11 is 0. The highest BCUT2D eigenvalue weighted by Crippen LogP contribution is 2.38. The van der Waals surface area contributed by atoms with E-state index in [0.717, 1.165) is 50.5 Å². The average Bonchev–Trinajstić information content (AvgIpc) is 2.63. The molecule has 0 saturated carbocycles. The largest absolute Gasteiger partial charge is 0.497 e. The quantitative estimate of drug-likeness (QED) is 0.865. The van der Waals surface area contributed by atoms with E-state index < -0.39 is 0 Å². The summed E-state index contributed by atoms with van der Waals surface area (Å²) in [6.07, 6.45) is 3.30. The van der Waals surface area contributed by atoms with Crippen LogP contribution in [0.25, 0.3) is 0 Å². The first-order valence-electron chi connectivity index (χ1n) is 8.34. The van der Waals surface area contributed by atoms with Crippen LogP contribution in [-0.4, -0.2) is 26.9 Å². The lowest BCUT2D eigenvalue weighted by Crippen LogP contribution is -2.35. The summed E-state index contributed by atoms with van der Waals surface area (Å²) in [4.78, 5) is 0. The number of hydrogen-bond donors (Lipinski definition) is 1. The molecule has 0 bridgehead atoms. The first-order valence-corrected chi connectivity index (χ1v) is 8.34. The van der Waals surface area contributed by atoms with Crippen molar-refractivity contribution in [2.45, 2.75) is 24.7 Å². The van der Waals surface area contributed by atoms with E-state index in [1.807, 2.05) is 18.2 Å². The maximum atomic E-state index is 5.60. The lowest BCUT2D eigenvalue weighted by molar-refractivity contribution is 0.0480. The van der Waals surface area contributed by atoms with Crippen molar-refractivity contribution in [2.24, 2.45) is 0 Å². The van der Waals surface area contributed by atoms with Gasteiger partial charge in [-0.2, -0.15) is 0 Å². The molecule has 3 nitrogen and oxygen atoms in total. The highest BCUT2D eigenvalue weighted by molar-refractivity contribution is 5.48. The number of nitrogens with one attached hydrogen (secondary N) is 1. The van der Waals surface area contributed by atoms with Gasteiger partial charge in [-0.25, -0.2) is 0 Å². The molecule has 0 aliphatic carbocycles. The Kier molecular flexibility index (Phi) is 5.19. The van der Waals surface area contributed by atoms with Crippen LogP contribution in [0, 0.1) is 0 Å². The van der Waals surface area contributed by atoms with Crippen molar-refractivity contribution in [2.75, 3.05) is 32.2 Å². The van der Waals surface area contributed by atoms with E-state index in [1.54, 1.807) is 7.11 Å². The van der Waals surface area contributed by atoms with E-state index in [-0.39, 0.29) is 5.41 Å². The van der Waals surface area contributed by atoms with Crippen molar-refractivity contribution in [3.63, 3.8) is 0 Å². The summed E-state index contributed by atoms with van der Waals surface area (Å²) in [7, 11) is 1.70. The molecule has 0 spiro atoms. The molecule has 0 unspecified atom stereocenters. The third-order valence-corrected chi connectivity index (χ3v) is 4.84. The Morgan fingerprint density at radius 3 is 2.57 bits per heavy atom. The molecule has 3 heteroatoms. The van der Waals surface area contributed by atoms with Crippen LogP contribution in [0.15, 0.2) is 54.6 Å². The van der Waals surface area contributed by atoms with Gasteiger partial charge in [0.25, 0.3) is 0 Å². The zero-order valence-electron chi connectivity index (χ0n) is 13.8. The van der Waals surface area contributed by atoms with Gasteiger partial charge in [0.15, 0.2) is 0 Å². The van der Waals surface area contributed by atoms with E-state index in [2.05, 4.69) is 41.7 Å². The van der Waals surface area contributed by atoms with Crippen LogP contribution in [0.2, 0.25) is 0 Å². The van der Waals surface area contributed by atoms with Gasteiger partial charge in [-0.3, -0.25) is 0 Å². The SMILES string of the molecule is COc1cccc(NCCC2(c3ccccc3)CCOCC2)c1. The molecule has 1 fully saturated rings. The average molecular weight is 311 g/mol. The van der Waals surface area contributed by atoms with Crippen molar-refractivity contribution in [3.05, 3.63) is 60.2 Å². The smallest absolute Gasteiger partial charge is 0.120 e. The molecule has 1 N–H and O–H groups in total. The summed E-state index contributed by atoms with van der Waals surface area (Å²) in [5.74, 6) is 0.888. The van der Waals surface area contributed by atoms with E-state index in [9.17, 15) is 0 Å². The Bertz CT molecular complexity index is 606. The van der Waals surface area contributed by atoms with E-state index in [4.69, 9.17) is 9.47 Å². The Labute approximate surface area is 138 Å². The van der Waals surface area contributed by atoms with E-state index in [1.165, 1.54) is 5.56 Å². The summed E-state index contributed by atoms with van der Waals surface area (Å²) in [6, 6.07) is 19.0. The van der Waals surface area contributed by atoms with Crippen LogP contribution in [0.5, 0.6) is 5.75 Å². The van der Waals surface area contributed by atoms with E-state index in [0.29, 0.717) is 0 Å². The Morgan fingerprint density at radius 1 is 1.04 bits per heavy atom. The Morgan fingerprint density at radius 2 is 1.83 bits per heavy atom. The van der Waals surface area contributed by atoms with Crippen molar-refractivity contribution < 1.29 is 9.47 Å². The summed E-state index contributed by atoms with van der Waals surface area (Å²) < 4.78 is 10.9. The third kappa shape index (κ3) is 3.85. The third-order valence-electron chi connectivity index (χ3n) is 4.84. The molecule has 2 aromatic carbocycles. The predicted molar refractivity (Wildman–Crippen MR) is 94.3 cm³/mol. The standard InChI is InChI=1S/C20H25NO2/c1-22-19-9-5-8-18(16-19)21-13-10-20(11-14-23-15-12-20)17-6-3-2-4-7-17/h2-9,16,21H,10-15H2,1H3. The van der Waals surface area contributed by atoms with Gasteiger partial charge in [0.1, 0.15) is 5.75 Å². The van der Waals surface area contributed by atoms with Crippen LogP contribution in [0.4, 0.5) is 5.69 Å². The van der Waals surface area contributed by atoms with Crippen molar-refractivity contribution >= 4 is 5.69 Å². The Balaban J connectivity index is 1.67. The minimum Gasteiger partial charge on any atom is -0.497 e. The van der Waals surface area contributed by atoms with Crippen LogP contribution >= 0.6 is 0 Å². The molecule has 1 heterocycles. The molecule has 1 aliphatic rings. The van der Waals surface area contributed by atoms with Gasteiger partial charge in [-0.15, -0.1) is 0 Å². The molecule has 0 radical (unpaired) electrons. The summed E-state index contributed by atoms with van der Waals surface area (Å²) in [5, 5.41) is 3.54. The van der Waals surface area contributed by atoms with Crippen molar-refractivity contribution in [1.82, 2.24) is 0 Å². The lowest BCUT2D eigenvalue weighted by atomic mass is 9.72. The highest BCUT2D eigenvalue weighted by atomic mass is 16.5. The fourth-order valence-corrected chi connectivity index (χ4v) is 3.42. The molecule has 1 aliphatic heterocycles. The molecule has 23 heavy (non-hydrogen) atoms. The first-order chi connectivity index (χ1) is 11.3. The number of methoxy groups -OCH3 is 1. The number of rotatable bonds is 6. The molecule has 122 valence electrons. The second-order valence-corrected chi connectivity index (χ2v) is 6.17. The fourth-order valence-electron chi connectivity index (χ4n) is 3.42. The minimum atomic E-state index is 0.228. The van der Waals surface area contributed by atoms with Crippen LogP contribution in [0.3, 0.4) is 0 Å². The zero-order chi connectivity index (χ0) is 16.0. The maximum absolute atomic E-state index is 5.60. The number of anilines is 1. The number of ether oxygens (including phenoxy) is 2. The zero-order valence-corrected chi connectivity index (χ0v) is 13.8. The predicted octanol–water partition coefficient (Wildman–Crippen LogP) is 4.25. The van der Waals surface area contributed by atoms with Gasteiger partial charge in [0.2, 0.25) is 0 Å². The molecular formula is C20H25NO2. The fraction of sp³-hybridized carbons (Fsp3) is 0.400. The molecule has 0 atom stereocenters. The van der Waals surface area contributed by atoms with Gasteiger partial charge >= 0.3 is 0 Å². The van der Waals surface area contributed by atoms with E-state index >= 15 is 0 Å². The molecule has 0 aromatic heterocycles. The number of hydrogen-bond acceptors (Lipinski definition) is 3.